The molecule has 0 bridgehead atoms. The van der Waals surface area contributed by atoms with Crippen LogP contribution in [0.1, 0.15) is 20.7 Å². The maximum absolute atomic E-state index is 12.4. The fourth-order valence-electron chi connectivity index (χ4n) is 2.54. The molecule has 0 saturated carbocycles. The Morgan fingerprint density at radius 3 is 2.14 bits per heavy atom. The highest BCUT2D eigenvalue weighted by Gasteiger charge is 2.25. The average Bonchev–Trinajstić information content (AvgIpc) is 3.08. The number of thiophene rings is 1. The number of hydrogen-bond acceptors (Lipinski definition) is 4. The van der Waals surface area contributed by atoms with Gasteiger partial charge in [0.25, 0.3) is 11.8 Å². The molecule has 2 N–H and O–H groups in total. The van der Waals surface area contributed by atoms with Gasteiger partial charge in [-0.1, -0.05) is 6.07 Å². The summed E-state index contributed by atoms with van der Waals surface area (Å²) in [6, 6.07) is 8.82. The van der Waals surface area contributed by atoms with E-state index in [1.54, 1.807) is 34.1 Å². The first-order chi connectivity index (χ1) is 10.6. The number of nitrogens with two attached hydrogens (primary N) is 1. The minimum absolute atomic E-state index is 0.0325. The molecule has 0 unspecified atom stereocenters. The Bertz CT molecular complexity index is 676. The standard InChI is InChI=1S/C16H17N3O2S/c17-14-3-1-2-12(10-14)15(20)18-5-7-19(8-6-18)16(21)13-4-9-22-11-13/h1-4,9-11H,5-8,17H2. The molecule has 2 heterocycles. The van der Waals surface area contributed by atoms with Gasteiger partial charge >= 0.3 is 0 Å². The van der Waals surface area contributed by atoms with Gasteiger partial charge in [-0.15, -0.1) is 0 Å². The highest BCUT2D eigenvalue weighted by atomic mass is 32.1. The third-order valence-electron chi connectivity index (χ3n) is 3.76. The summed E-state index contributed by atoms with van der Waals surface area (Å²) >= 11 is 1.51. The van der Waals surface area contributed by atoms with E-state index in [2.05, 4.69) is 0 Å². The highest BCUT2D eigenvalue weighted by molar-refractivity contribution is 7.08. The minimum Gasteiger partial charge on any atom is -0.399 e. The van der Waals surface area contributed by atoms with E-state index >= 15 is 0 Å². The zero-order valence-electron chi connectivity index (χ0n) is 12.1. The Hall–Kier alpha value is -2.34. The molecule has 1 aliphatic rings. The van der Waals surface area contributed by atoms with Crippen LogP contribution in [0.2, 0.25) is 0 Å². The van der Waals surface area contributed by atoms with Crippen molar-refractivity contribution in [3.63, 3.8) is 0 Å². The van der Waals surface area contributed by atoms with Crippen molar-refractivity contribution in [3.05, 3.63) is 52.2 Å². The van der Waals surface area contributed by atoms with Gasteiger partial charge in [-0.25, -0.2) is 0 Å². The molecule has 1 aromatic heterocycles. The van der Waals surface area contributed by atoms with Crippen molar-refractivity contribution in [1.82, 2.24) is 9.80 Å². The number of carbonyl (C=O) groups is 2. The van der Waals surface area contributed by atoms with E-state index < -0.39 is 0 Å². The van der Waals surface area contributed by atoms with Crippen LogP contribution in [0, 0.1) is 0 Å². The number of nitrogens with zero attached hydrogens (tertiary/aromatic N) is 2. The lowest BCUT2D eigenvalue weighted by molar-refractivity contribution is 0.0536. The topological polar surface area (TPSA) is 66.6 Å². The van der Waals surface area contributed by atoms with Gasteiger partial charge < -0.3 is 15.5 Å². The van der Waals surface area contributed by atoms with Crippen LogP contribution in [0.4, 0.5) is 5.69 Å². The van der Waals surface area contributed by atoms with Crippen molar-refractivity contribution in [2.75, 3.05) is 31.9 Å². The monoisotopic (exact) mass is 315 g/mol. The van der Waals surface area contributed by atoms with E-state index in [-0.39, 0.29) is 11.8 Å². The first-order valence-electron chi connectivity index (χ1n) is 7.11. The molecule has 1 fully saturated rings. The van der Waals surface area contributed by atoms with Crippen LogP contribution >= 0.6 is 11.3 Å². The molecule has 3 rings (SSSR count). The maximum atomic E-state index is 12.4. The van der Waals surface area contributed by atoms with E-state index in [4.69, 9.17) is 5.73 Å². The normalized spacial score (nSPS) is 14.9. The lowest BCUT2D eigenvalue weighted by Gasteiger charge is -2.34. The van der Waals surface area contributed by atoms with Gasteiger partial charge in [0, 0.05) is 42.8 Å². The minimum atomic E-state index is -0.0325. The van der Waals surface area contributed by atoms with Crippen molar-refractivity contribution in [1.29, 1.82) is 0 Å². The van der Waals surface area contributed by atoms with Gasteiger partial charge in [0.05, 0.1) is 5.56 Å². The van der Waals surface area contributed by atoms with Gasteiger partial charge in [0.1, 0.15) is 0 Å². The van der Waals surface area contributed by atoms with Crippen LogP contribution in [0.3, 0.4) is 0 Å². The quantitative estimate of drug-likeness (QED) is 0.861. The molecular weight excluding hydrogens is 298 g/mol. The van der Waals surface area contributed by atoms with Gasteiger partial charge in [0.15, 0.2) is 0 Å². The number of hydrogen-bond donors (Lipinski definition) is 1. The Balaban J connectivity index is 1.62. The predicted octanol–water partition coefficient (Wildman–Crippen LogP) is 1.93. The second kappa shape index (κ2) is 6.19. The number of benzene rings is 1. The lowest BCUT2D eigenvalue weighted by atomic mass is 10.1. The predicted molar refractivity (Wildman–Crippen MR) is 87.0 cm³/mol. The van der Waals surface area contributed by atoms with Crippen molar-refractivity contribution in [2.45, 2.75) is 0 Å². The Labute approximate surface area is 132 Å². The summed E-state index contributed by atoms with van der Waals surface area (Å²) < 4.78 is 0. The molecule has 0 aliphatic carbocycles. The van der Waals surface area contributed by atoms with Gasteiger partial charge in [-0.2, -0.15) is 11.3 Å². The molecule has 6 heteroatoms. The number of anilines is 1. The summed E-state index contributed by atoms with van der Waals surface area (Å²) in [7, 11) is 0. The zero-order valence-corrected chi connectivity index (χ0v) is 12.9. The largest absolute Gasteiger partial charge is 0.399 e. The summed E-state index contributed by atoms with van der Waals surface area (Å²) in [5.74, 6) is 0.00670. The van der Waals surface area contributed by atoms with E-state index in [9.17, 15) is 9.59 Å². The summed E-state index contributed by atoms with van der Waals surface area (Å²) in [4.78, 5) is 28.3. The van der Waals surface area contributed by atoms with Gasteiger partial charge in [-0.3, -0.25) is 9.59 Å². The number of nitrogen functional groups attached to an aromatic ring is 1. The molecule has 2 aromatic rings. The first kappa shape index (κ1) is 14.6. The Kier molecular flexibility index (Phi) is 4.11. The average molecular weight is 315 g/mol. The number of piperazine rings is 1. The molecule has 5 nitrogen and oxygen atoms in total. The van der Waals surface area contributed by atoms with E-state index in [1.165, 1.54) is 11.3 Å². The van der Waals surface area contributed by atoms with Crippen LogP contribution < -0.4 is 5.73 Å². The lowest BCUT2D eigenvalue weighted by Crippen LogP contribution is -2.50. The summed E-state index contributed by atoms with van der Waals surface area (Å²) in [6.45, 7) is 2.21. The fourth-order valence-corrected chi connectivity index (χ4v) is 3.17. The van der Waals surface area contributed by atoms with E-state index in [1.807, 2.05) is 16.8 Å². The number of amides is 2. The molecule has 0 atom stereocenters. The zero-order chi connectivity index (χ0) is 15.5. The van der Waals surface area contributed by atoms with Crippen molar-refractivity contribution in [2.24, 2.45) is 0 Å². The molecule has 0 spiro atoms. The van der Waals surface area contributed by atoms with Crippen LogP contribution in [0.5, 0.6) is 0 Å². The third kappa shape index (κ3) is 2.96. The van der Waals surface area contributed by atoms with E-state index in [0.717, 1.165) is 5.56 Å². The Morgan fingerprint density at radius 2 is 1.59 bits per heavy atom. The SMILES string of the molecule is Nc1cccc(C(=O)N2CCN(C(=O)c3ccsc3)CC2)c1. The van der Waals surface area contributed by atoms with Crippen LogP contribution in [-0.4, -0.2) is 47.8 Å². The van der Waals surface area contributed by atoms with Crippen molar-refractivity contribution >= 4 is 28.8 Å². The third-order valence-corrected chi connectivity index (χ3v) is 4.44. The molecule has 1 aromatic carbocycles. The van der Waals surface area contributed by atoms with E-state index in [0.29, 0.717) is 37.4 Å². The smallest absolute Gasteiger partial charge is 0.254 e. The molecule has 2 amide bonds. The summed E-state index contributed by atoms with van der Waals surface area (Å²) in [6.07, 6.45) is 0. The van der Waals surface area contributed by atoms with Crippen molar-refractivity contribution < 1.29 is 9.59 Å². The first-order valence-corrected chi connectivity index (χ1v) is 8.06. The fraction of sp³-hybridized carbons (Fsp3) is 0.250. The second-order valence-corrected chi connectivity index (χ2v) is 6.00. The molecule has 1 aliphatic heterocycles. The van der Waals surface area contributed by atoms with Gasteiger partial charge in [-0.05, 0) is 29.6 Å². The summed E-state index contributed by atoms with van der Waals surface area (Å²) in [5, 5.41) is 3.75. The molecule has 0 radical (unpaired) electrons. The summed E-state index contributed by atoms with van der Waals surface area (Å²) in [5.41, 5.74) is 7.62. The second-order valence-electron chi connectivity index (χ2n) is 5.22. The molecule has 114 valence electrons. The number of rotatable bonds is 2. The van der Waals surface area contributed by atoms with Gasteiger partial charge in [0.2, 0.25) is 0 Å². The molecular formula is C16H17N3O2S. The molecule has 1 saturated heterocycles. The molecule has 22 heavy (non-hydrogen) atoms. The Morgan fingerprint density at radius 1 is 0.955 bits per heavy atom. The van der Waals surface area contributed by atoms with Crippen LogP contribution in [0.25, 0.3) is 0 Å². The van der Waals surface area contributed by atoms with Crippen LogP contribution in [-0.2, 0) is 0 Å². The maximum Gasteiger partial charge on any atom is 0.254 e. The number of carbonyl (C=O) groups excluding carboxylic acids is 2. The van der Waals surface area contributed by atoms with Crippen LogP contribution in [0.15, 0.2) is 41.1 Å². The highest BCUT2D eigenvalue weighted by Crippen LogP contribution is 2.14. The van der Waals surface area contributed by atoms with Crippen molar-refractivity contribution in [3.8, 4) is 0 Å².